The zero-order chi connectivity index (χ0) is 20.4. The molecular formula is C22H25N3O4. The van der Waals surface area contributed by atoms with Crippen LogP contribution in [0.25, 0.3) is 0 Å². The molecule has 2 heterocycles. The Kier molecular flexibility index (Phi) is 5.38. The molecule has 0 N–H and O–H groups in total. The summed E-state index contributed by atoms with van der Waals surface area (Å²) in [6, 6.07) is 7.39. The summed E-state index contributed by atoms with van der Waals surface area (Å²) in [5, 5.41) is 0. The van der Waals surface area contributed by atoms with Crippen molar-refractivity contribution in [2.45, 2.75) is 37.8 Å². The number of ether oxygens (including phenoxy) is 3. The lowest BCUT2D eigenvalue weighted by molar-refractivity contribution is 0.0785. The molecule has 7 heteroatoms. The maximum absolute atomic E-state index is 13.7. The van der Waals surface area contributed by atoms with Crippen molar-refractivity contribution in [3.8, 4) is 17.2 Å². The molecule has 152 valence electrons. The maximum Gasteiger partial charge on any atom is 0.260 e. The number of amides is 1. The molecule has 2 aliphatic rings. The molecule has 1 aromatic carbocycles. The smallest absolute Gasteiger partial charge is 0.260 e. The van der Waals surface area contributed by atoms with Gasteiger partial charge in [0.05, 0.1) is 33.4 Å². The number of fused-ring (bicyclic) bond motifs is 1. The monoisotopic (exact) mass is 395 g/mol. The van der Waals surface area contributed by atoms with Crippen LogP contribution in [0.15, 0.2) is 41.7 Å². The Hall–Kier alpha value is -3.09. The van der Waals surface area contributed by atoms with Crippen molar-refractivity contribution < 1.29 is 19.0 Å². The molecule has 4 rings (SSSR count). The van der Waals surface area contributed by atoms with Crippen molar-refractivity contribution in [3.63, 3.8) is 0 Å². The Balaban J connectivity index is 1.77. The minimum absolute atomic E-state index is 0.0607. The van der Waals surface area contributed by atoms with E-state index in [0.29, 0.717) is 28.6 Å². The van der Waals surface area contributed by atoms with Crippen molar-refractivity contribution in [2.75, 3.05) is 21.3 Å². The van der Waals surface area contributed by atoms with E-state index in [-0.39, 0.29) is 18.0 Å². The van der Waals surface area contributed by atoms with Crippen molar-refractivity contribution in [2.24, 2.45) is 4.99 Å². The highest BCUT2D eigenvalue weighted by molar-refractivity contribution is 6.14. The fourth-order valence-electron chi connectivity index (χ4n) is 4.22. The van der Waals surface area contributed by atoms with Gasteiger partial charge in [-0.05, 0) is 37.1 Å². The average Bonchev–Trinajstić information content (AvgIpc) is 3.17. The van der Waals surface area contributed by atoms with Crippen LogP contribution in [0.1, 0.15) is 41.6 Å². The van der Waals surface area contributed by atoms with Crippen molar-refractivity contribution in [1.29, 1.82) is 0 Å². The molecule has 1 aliphatic carbocycles. The van der Waals surface area contributed by atoms with Gasteiger partial charge in [0.1, 0.15) is 5.84 Å². The van der Waals surface area contributed by atoms with E-state index in [2.05, 4.69) is 4.98 Å². The van der Waals surface area contributed by atoms with Crippen LogP contribution in [0.5, 0.6) is 17.2 Å². The largest absolute Gasteiger partial charge is 0.493 e. The minimum atomic E-state index is -0.124. The van der Waals surface area contributed by atoms with Crippen LogP contribution in [0.4, 0.5) is 0 Å². The highest BCUT2D eigenvalue weighted by Crippen LogP contribution is 2.40. The first-order valence-electron chi connectivity index (χ1n) is 9.79. The first-order valence-corrected chi connectivity index (χ1v) is 9.79. The van der Waals surface area contributed by atoms with E-state index in [4.69, 9.17) is 19.2 Å². The van der Waals surface area contributed by atoms with Crippen LogP contribution in [0.3, 0.4) is 0 Å². The van der Waals surface area contributed by atoms with Gasteiger partial charge in [-0.2, -0.15) is 0 Å². The Morgan fingerprint density at radius 1 is 1.07 bits per heavy atom. The molecule has 0 unspecified atom stereocenters. The number of nitrogens with zero attached hydrogens (tertiary/aromatic N) is 3. The summed E-state index contributed by atoms with van der Waals surface area (Å²) >= 11 is 0. The average molecular weight is 395 g/mol. The second-order valence-corrected chi connectivity index (χ2v) is 7.20. The molecule has 7 nitrogen and oxygen atoms in total. The molecule has 0 spiro atoms. The van der Waals surface area contributed by atoms with Gasteiger partial charge < -0.3 is 14.2 Å². The lowest BCUT2D eigenvalue weighted by Gasteiger charge is -2.32. The van der Waals surface area contributed by atoms with Gasteiger partial charge in [0.15, 0.2) is 11.5 Å². The van der Waals surface area contributed by atoms with E-state index in [1.54, 1.807) is 45.9 Å². The second-order valence-electron chi connectivity index (χ2n) is 7.20. The van der Waals surface area contributed by atoms with E-state index in [9.17, 15) is 4.79 Å². The molecular weight excluding hydrogens is 370 g/mol. The Labute approximate surface area is 170 Å². The third kappa shape index (κ3) is 3.41. The van der Waals surface area contributed by atoms with Gasteiger partial charge in [-0.25, -0.2) is 0 Å². The zero-order valence-corrected chi connectivity index (χ0v) is 16.9. The molecule has 0 bridgehead atoms. The number of carbonyl (C=O) groups is 1. The zero-order valence-electron chi connectivity index (χ0n) is 16.9. The number of pyridine rings is 1. The SMILES string of the molecule is COc1cc(C(=O)N2C(c3cccnc3)=N[C@@H]3CCCC[C@H]32)cc(OC)c1OC. The summed E-state index contributed by atoms with van der Waals surface area (Å²) in [7, 11) is 4.63. The van der Waals surface area contributed by atoms with E-state index >= 15 is 0 Å². The standard InChI is InChI=1S/C22H25N3O4/c1-27-18-11-15(12-19(28-2)20(18)29-3)22(26)25-17-9-5-4-8-16(17)24-21(25)14-7-6-10-23-13-14/h6-7,10-13,16-17H,4-5,8-9H2,1-3H3/t16-,17-/m1/s1. The number of rotatable bonds is 5. The summed E-state index contributed by atoms with van der Waals surface area (Å²) in [5.74, 6) is 1.93. The Morgan fingerprint density at radius 2 is 1.79 bits per heavy atom. The van der Waals surface area contributed by atoms with Crippen LogP contribution in [0.2, 0.25) is 0 Å². The third-order valence-electron chi connectivity index (χ3n) is 5.59. The number of aromatic nitrogens is 1. The number of methoxy groups -OCH3 is 3. The molecule has 1 aromatic heterocycles. The summed E-state index contributed by atoms with van der Waals surface area (Å²) in [4.78, 5) is 24.7. The first-order chi connectivity index (χ1) is 14.2. The number of hydrogen-bond donors (Lipinski definition) is 0. The van der Waals surface area contributed by atoms with Gasteiger partial charge in [0.2, 0.25) is 5.75 Å². The van der Waals surface area contributed by atoms with Crippen LogP contribution >= 0.6 is 0 Å². The predicted octanol–water partition coefficient (Wildman–Crippen LogP) is 3.32. The summed E-state index contributed by atoms with van der Waals surface area (Å²) < 4.78 is 16.3. The van der Waals surface area contributed by atoms with Gasteiger partial charge in [-0.3, -0.25) is 19.7 Å². The van der Waals surface area contributed by atoms with E-state index in [0.717, 1.165) is 31.2 Å². The molecule has 1 fully saturated rings. The highest BCUT2D eigenvalue weighted by Gasteiger charge is 2.42. The number of amidine groups is 1. The van der Waals surface area contributed by atoms with Gasteiger partial charge in [-0.15, -0.1) is 0 Å². The molecule has 1 saturated carbocycles. The van der Waals surface area contributed by atoms with Gasteiger partial charge in [-0.1, -0.05) is 12.8 Å². The van der Waals surface area contributed by atoms with Crippen molar-refractivity contribution in [3.05, 3.63) is 47.8 Å². The molecule has 2 atom stereocenters. The Morgan fingerprint density at radius 3 is 2.41 bits per heavy atom. The molecule has 2 aromatic rings. The molecule has 0 radical (unpaired) electrons. The van der Waals surface area contributed by atoms with Crippen LogP contribution in [-0.4, -0.2) is 55.0 Å². The molecule has 29 heavy (non-hydrogen) atoms. The highest BCUT2D eigenvalue weighted by atomic mass is 16.5. The molecule has 0 saturated heterocycles. The van der Waals surface area contributed by atoms with E-state index in [1.807, 2.05) is 17.0 Å². The normalized spacial score (nSPS) is 20.7. The second kappa shape index (κ2) is 8.11. The lowest BCUT2D eigenvalue weighted by atomic mass is 9.90. The molecule has 1 aliphatic heterocycles. The van der Waals surface area contributed by atoms with Crippen LogP contribution in [0, 0.1) is 0 Å². The van der Waals surface area contributed by atoms with E-state index < -0.39 is 0 Å². The van der Waals surface area contributed by atoms with E-state index in [1.165, 1.54) is 0 Å². The number of aliphatic imine (C=N–C) groups is 1. The fraction of sp³-hybridized carbons (Fsp3) is 0.409. The van der Waals surface area contributed by atoms with Crippen molar-refractivity contribution in [1.82, 2.24) is 9.88 Å². The van der Waals surface area contributed by atoms with Gasteiger partial charge >= 0.3 is 0 Å². The number of carbonyl (C=O) groups excluding carboxylic acids is 1. The predicted molar refractivity (Wildman–Crippen MR) is 109 cm³/mol. The summed E-state index contributed by atoms with van der Waals surface area (Å²) in [6.45, 7) is 0. The summed E-state index contributed by atoms with van der Waals surface area (Å²) in [5.41, 5.74) is 1.32. The van der Waals surface area contributed by atoms with Gasteiger partial charge in [0.25, 0.3) is 5.91 Å². The molecule has 1 amide bonds. The first kappa shape index (κ1) is 19.2. The minimum Gasteiger partial charge on any atom is -0.493 e. The summed E-state index contributed by atoms with van der Waals surface area (Å²) in [6.07, 6.45) is 7.64. The quantitative estimate of drug-likeness (QED) is 0.777. The topological polar surface area (TPSA) is 73.2 Å². The third-order valence-corrected chi connectivity index (χ3v) is 5.59. The number of benzene rings is 1. The number of hydrogen-bond acceptors (Lipinski definition) is 6. The Bertz CT molecular complexity index is 904. The fourth-order valence-corrected chi connectivity index (χ4v) is 4.22. The van der Waals surface area contributed by atoms with Crippen LogP contribution < -0.4 is 14.2 Å². The lowest BCUT2D eigenvalue weighted by Crippen LogP contribution is -2.45. The van der Waals surface area contributed by atoms with Gasteiger partial charge in [0, 0.05) is 23.5 Å². The van der Waals surface area contributed by atoms with Crippen molar-refractivity contribution >= 4 is 11.7 Å². The van der Waals surface area contributed by atoms with Crippen LogP contribution in [-0.2, 0) is 0 Å². The maximum atomic E-state index is 13.7.